The molecule has 2 aliphatic carbocycles. The van der Waals surface area contributed by atoms with Crippen LogP contribution in [-0.2, 0) is 56.0 Å². The maximum atomic E-state index is 14.6. The Morgan fingerprint density at radius 1 is 0.833 bits per heavy atom. The van der Waals surface area contributed by atoms with Crippen LogP contribution in [0.2, 0.25) is 0 Å². The van der Waals surface area contributed by atoms with Gasteiger partial charge in [-0.05, 0) is 124 Å². The van der Waals surface area contributed by atoms with Crippen LogP contribution in [-0.4, -0.2) is 145 Å². The SMILES string of the molecule is C=C1C=CC(=O)N1CC1CCC(C(=O)NCc2ccc(NC(=O)[C@@H](CC(=O)[C@H](C)[C@@H](OC)[C@@H]3CCCN3C(=O)C[C@@H](OC)[C@H]([C@@H](C)CC)N(C)C(=O)[C@@H](NC(=O)[C@@H]3[C@H]4CC[C@@H](C4)N3C)C(C)C)Cc3ccccc3)cc2)CC1. The molecule has 5 aliphatic rings. The first-order chi connectivity index (χ1) is 37.3. The molecule has 2 saturated heterocycles. The van der Waals surface area contributed by atoms with Crippen LogP contribution in [0.15, 0.2) is 79.0 Å². The average molecular weight is 1080 g/mol. The summed E-state index contributed by atoms with van der Waals surface area (Å²) in [6.07, 6.45) is 10.8. The highest BCUT2D eigenvalue weighted by Gasteiger charge is 2.49. The molecule has 2 bridgehead atoms. The molecule has 7 rings (SSSR count). The second-order valence-corrected chi connectivity index (χ2v) is 23.6. The summed E-state index contributed by atoms with van der Waals surface area (Å²) in [6.45, 7) is 15.2. The Balaban J connectivity index is 0.946. The predicted octanol–water partition coefficient (Wildman–Crippen LogP) is 7.32. The molecule has 0 radical (unpaired) electrons. The minimum atomic E-state index is -0.750. The van der Waals surface area contributed by atoms with Crippen LogP contribution < -0.4 is 16.0 Å². The number of fused-ring (bicyclic) bond motifs is 2. The number of likely N-dealkylation sites (N-methyl/N-ethyl adjacent to an activating group) is 2. The van der Waals surface area contributed by atoms with Crippen LogP contribution in [0.1, 0.15) is 123 Å². The Morgan fingerprint density at radius 3 is 2.14 bits per heavy atom. The van der Waals surface area contributed by atoms with Crippen molar-refractivity contribution in [2.24, 2.45) is 41.4 Å². The van der Waals surface area contributed by atoms with E-state index in [2.05, 4.69) is 41.3 Å². The number of carbonyl (C=O) groups excluding carboxylic acids is 7. The van der Waals surface area contributed by atoms with Crippen molar-refractivity contribution in [2.45, 2.75) is 167 Å². The van der Waals surface area contributed by atoms with E-state index in [1.54, 1.807) is 55.4 Å². The number of benzene rings is 2. The summed E-state index contributed by atoms with van der Waals surface area (Å²) in [4.78, 5) is 104. The summed E-state index contributed by atoms with van der Waals surface area (Å²) in [5.41, 5.74) is 3.09. The molecule has 0 unspecified atom stereocenters. The Morgan fingerprint density at radius 2 is 1.54 bits per heavy atom. The molecule has 2 aromatic rings. The van der Waals surface area contributed by atoms with Crippen LogP contribution >= 0.6 is 0 Å². The topological polar surface area (TPSA) is 187 Å². The smallest absolute Gasteiger partial charge is 0.251 e. The molecular weight excluding hydrogens is 987 g/mol. The Labute approximate surface area is 463 Å². The summed E-state index contributed by atoms with van der Waals surface area (Å²) in [5, 5.41) is 9.29. The van der Waals surface area contributed by atoms with Gasteiger partial charge < -0.3 is 40.1 Å². The highest BCUT2D eigenvalue weighted by Crippen LogP contribution is 2.42. The third kappa shape index (κ3) is 14.4. The molecule has 2 aromatic carbocycles. The van der Waals surface area contributed by atoms with Crippen molar-refractivity contribution in [1.82, 2.24) is 30.2 Å². The zero-order chi connectivity index (χ0) is 56.4. The van der Waals surface area contributed by atoms with Crippen molar-refractivity contribution in [3.05, 3.63) is 90.2 Å². The molecule has 3 heterocycles. The number of nitrogens with one attached hydrogen (secondary N) is 3. The molecule has 6 amide bonds. The van der Waals surface area contributed by atoms with Gasteiger partial charge in [-0.15, -0.1) is 0 Å². The molecular formula is C62H89N7O9. The number of rotatable bonds is 26. The summed E-state index contributed by atoms with van der Waals surface area (Å²) >= 11 is 0. The molecule has 426 valence electrons. The van der Waals surface area contributed by atoms with E-state index in [-0.39, 0.29) is 77.9 Å². The van der Waals surface area contributed by atoms with Crippen LogP contribution in [0, 0.1) is 41.4 Å². The molecule has 0 aromatic heterocycles. The van der Waals surface area contributed by atoms with Gasteiger partial charge in [0.2, 0.25) is 29.5 Å². The number of nitrogens with zero attached hydrogens (tertiary/aromatic N) is 4. The van der Waals surface area contributed by atoms with Crippen molar-refractivity contribution in [3.8, 4) is 0 Å². The number of piperidine rings is 1. The number of likely N-dealkylation sites (tertiary alicyclic amines) is 2. The van der Waals surface area contributed by atoms with Gasteiger partial charge in [0, 0.05) is 88.6 Å². The number of hydrogen-bond donors (Lipinski definition) is 3. The minimum Gasteiger partial charge on any atom is -0.379 e. The lowest BCUT2D eigenvalue weighted by Crippen LogP contribution is -2.60. The van der Waals surface area contributed by atoms with Crippen molar-refractivity contribution in [2.75, 3.05) is 46.7 Å². The normalized spacial score (nSPS) is 24.8. The first-order valence-electron chi connectivity index (χ1n) is 28.9. The van der Waals surface area contributed by atoms with E-state index in [4.69, 9.17) is 9.47 Å². The summed E-state index contributed by atoms with van der Waals surface area (Å²) in [5.74, 6) is -1.95. The third-order valence-corrected chi connectivity index (χ3v) is 18.3. The van der Waals surface area contributed by atoms with Gasteiger partial charge in [-0.1, -0.05) is 90.1 Å². The Kier molecular flexibility index (Phi) is 21.1. The van der Waals surface area contributed by atoms with Crippen LogP contribution in [0.5, 0.6) is 0 Å². The van der Waals surface area contributed by atoms with Gasteiger partial charge in [0.25, 0.3) is 5.91 Å². The van der Waals surface area contributed by atoms with Crippen LogP contribution in [0.3, 0.4) is 0 Å². The number of methoxy groups -OCH3 is 2. The van der Waals surface area contributed by atoms with Crippen LogP contribution in [0.4, 0.5) is 5.69 Å². The molecule has 16 nitrogen and oxygen atoms in total. The molecule has 3 N–H and O–H groups in total. The number of allylic oxidation sites excluding steroid dienone is 1. The molecule has 11 atom stereocenters. The fourth-order valence-electron chi connectivity index (χ4n) is 13.3. The second-order valence-electron chi connectivity index (χ2n) is 23.6. The van der Waals surface area contributed by atoms with E-state index < -0.39 is 42.2 Å². The number of hydrogen-bond acceptors (Lipinski definition) is 10. The number of anilines is 1. The van der Waals surface area contributed by atoms with Crippen molar-refractivity contribution in [3.63, 3.8) is 0 Å². The number of ketones is 1. The lowest BCUT2D eigenvalue weighted by atomic mass is 9.81. The number of Topliss-reactive ketones (excluding diaryl/α,β-unsaturated/α-hetero) is 1. The van der Waals surface area contributed by atoms with E-state index in [1.165, 1.54) is 0 Å². The van der Waals surface area contributed by atoms with Gasteiger partial charge in [-0.2, -0.15) is 0 Å². The third-order valence-electron chi connectivity index (χ3n) is 18.3. The van der Waals surface area contributed by atoms with E-state index in [0.29, 0.717) is 56.0 Å². The lowest BCUT2D eigenvalue weighted by molar-refractivity contribution is -0.148. The average Bonchev–Trinajstić information content (AvgIpc) is 4.31. The van der Waals surface area contributed by atoms with Gasteiger partial charge in [0.05, 0.1) is 36.8 Å². The number of amides is 6. The van der Waals surface area contributed by atoms with E-state index >= 15 is 0 Å². The summed E-state index contributed by atoms with van der Waals surface area (Å²) < 4.78 is 12.3. The standard InChI is InChI=1S/C62H89N7O9/c1-11-39(4)56(67(8)62(76)55(38(2)3)65-61(75)57-46-26-29-49(33-46)66(57)7)52(77-9)35-54(72)68-31-15-18-50(68)58(78-10)41(6)51(70)34-47(32-42-16-13-12-14-17-42)60(74)64-48-27-22-43(23-28-48)36-63-59(73)45-24-20-44(21-25-45)37-69-40(5)19-30-53(69)71/h12-14,16-17,19,22-23,27-28,30,38-39,41,44-47,49-50,52,55-58H,5,11,15,18,20-21,24-26,29,31-37H2,1-4,6-10H3,(H,63,73)(H,64,74)(H,65,75)/t39-,41-,44?,45?,46-,47+,49-,50-,52+,55-,56-,57-,58+/m0/s1. The van der Waals surface area contributed by atoms with Crippen molar-refractivity contribution in [1.29, 1.82) is 0 Å². The van der Waals surface area contributed by atoms with Gasteiger partial charge in [0.1, 0.15) is 11.8 Å². The number of carbonyl (C=O) groups is 7. The second kappa shape index (κ2) is 27.4. The van der Waals surface area contributed by atoms with Crippen molar-refractivity contribution >= 4 is 46.9 Å². The Bertz CT molecular complexity index is 2440. The molecule has 2 saturated carbocycles. The minimum absolute atomic E-state index is 0.00341. The highest BCUT2D eigenvalue weighted by molar-refractivity contribution is 5.96. The fourth-order valence-corrected chi connectivity index (χ4v) is 13.3. The van der Waals surface area contributed by atoms with Gasteiger partial charge >= 0.3 is 0 Å². The maximum Gasteiger partial charge on any atom is 0.251 e. The molecule has 4 fully saturated rings. The molecule has 78 heavy (non-hydrogen) atoms. The maximum absolute atomic E-state index is 14.6. The first kappa shape index (κ1) is 59.9. The molecule has 0 spiro atoms. The lowest BCUT2D eigenvalue weighted by Gasteiger charge is -2.41. The quantitative estimate of drug-likeness (QED) is 0.0862. The monoisotopic (exact) mass is 1080 g/mol. The summed E-state index contributed by atoms with van der Waals surface area (Å²) in [6, 6.07) is 15.5. The van der Waals surface area contributed by atoms with Gasteiger partial charge in [-0.25, -0.2) is 0 Å². The zero-order valence-corrected chi connectivity index (χ0v) is 47.9. The van der Waals surface area contributed by atoms with Gasteiger partial charge in [0.15, 0.2) is 0 Å². The largest absolute Gasteiger partial charge is 0.379 e. The molecule has 3 aliphatic heterocycles. The van der Waals surface area contributed by atoms with E-state index in [9.17, 15) is 33.6 Å². The van der Waals surface area contributed by atoms with E-state index in [1.807, 2.05) is 75.2 Å². The van der Waals surface area contributed by atoms with Crippen molar-refractivity contribution < 1.29 is 43.0 Å². The highest BCUT2D eigenvalue weighted by atomic mass is 16.5. The predicted molar refractivity (Wildman–Crippen MR) is 301 cm³/mol. The fraction of sp³-hybridized carbons (Fsp3) is 0.629. The van der Waals surface area contributed by atoms with Gasteiger partial charge in [-0.3, -0.25) is 38.5 Å². The number of ether oxygens (including phenoxy) is 2. The van der Waals surface area contributed by atoms with E-state index in [0.717, 1.165) is 74.6 Å². The Hall–Kier alpha value is -5.71. The summed E-state index contributed by atoms with van der Waals surface area (Å²) in [7, 11) is 6.91. The van der Waals surface area contributed by atoms with Crippen LogP contribution in [0.25, 0.3) is 0 Å². The first-order valence-corrected chi connectivity index (χ1v) is 28.9. The molecule has 16 heteroatoms. The zero-order valence-electron chi connectivity index (χ0n) is 47.9.